The zero-order valence-corrected chi connectivity index (χ0v) is 22.4. The predicted octanol–water partition coefficient (Wildman–Crippen LogP) is 4.51. The Morgan fingerprint density at radius 1 is 1.03 bits per heavy atom. The lowest BCUT2D eigenvalue weighted by Gasteiger charge is -2.31. The maximum atomic E-state index is 14.2. The quantitative estimate of drug-likeness (QED) is 0.414. The van der Waals surface area contributed by atoms with Crippen LogP contribution in [0.2, 0.25) is 0 Å². The number of halogens is 2. The normalized spacial score (nSPS) is 20.9. The SMILES string of the molecule is CC1CC1c1ccc(CNc2ccc(S(=O)(=O)N3CCC(c4c(F)cccc4F)CC3)cc2S(N)(=O)=O)o1. The molecular weight excluding hydrogens is 536 g/mol. The third kappa shape index (κ3) is 5.35. The van der Waals surface area contributed by atoms with E-state index in [0.29, 0.717) is 17.6 Å². The van der Waals surface area contributed by atoms with E-state index >= 15 is 0 Å². The minimum Gasteiger partial charge on any atom is -0.464 e. The van der Waals surface area contributed by atoms with Crippen molar-refractivity contribution in [2.24, 2.45) is 11.1 Å². The van der Waals surface area contributed by atoms with Crippen LogP contribution >= 0.6 is 0 Å². The van der Waals surface area contributed by atoms with Crippen molar-refractivity contribution in [3.8, 4) is 0 Å². The van der Waals surface area contributed by atoms with Crippen LogP contribution in [0, 0.1) is 17.6 Å². The molecule has 8 nitrogen and oxygen atoms in total. The van der Waals surface area contributed by atoms with E-state index in [1.54, 1.807) is 0 Å². The van der Waals surface area contributed by atoms with Crippen LogP contribution in [0.5, 0.6) is 0 Å². The fourth-order valence-electron chi connectivity index (χ4n) is 5.07. The molecule has 0 radical (unpaired) electrons. The summed E-state index contributed by atoms with van der Waals surface area (Å²) in [5.74, 6) is 0.731. The van der Waals surface area contributed by atoms with Crippen molar-refractivity contribution in [1.82, 2.24) is 4.31 Å². The molecule has 0 spiro atoms. The second kappa shape index (κ2) is 10.1. The summed E-state index contributed by atoms with van der Waals surface area (Å²) in [6.07, 6.45) is 1.52. The molecule has 2 unspecified atom stereocenters. The first-order valence-electron chi connectivity index (χ1n) is 12.4. The zero-order valence-electron chi connectivity index (χ0n) is 20.7. The Bertz CT molecular complexity index is 1540. The molecule has 0 amide bonds. The van der Waals surface area contributed by atoms with Crippen LogP contribution in [0.15, 0.2) is 62.7 Å². The molecule has 2 atom stereocenters. The summed E-state index contributed by atoms with van der Waals surface area (Å²) >= 11 is 0. The van der Waals surface area contributed by atoms with Gasteiger partial charge in [0.15, 0.2) is 0 Å². The minimum absolute atomic E-state index is 0.0337. The van der Waals surface area contributed by atoms with Crippen LogP contribution in [0.4, 0.5) is 14.5 Å². The number of hydrogen-bond donors (Lipinski definition) is 2. The summed E-state index contributed by atoms with van der Waals surface area (Å²) in [5.41, 5.74) is 0.115. The number of benzene rings is 2. The lowest BCUT2D eigenvalue weighted by atomic mass is 9.89. The Hall–Kier alpha value is -2.80. The summed E-state index contributed by atoms with van der Waals surface area (Å²) in [6, 6.07) is 11.1. The van der Waals surface area contributed by atoms with Crippen LogP contribution in [0.3, 0.4) is 0 Å². The monoisotopic (exact) mass is 565 g/mol. The molecular formula is C26H29F2N3O5S2. The third-order valence-electron chi connectivity index (χ3n) is 7.37. The standard InChI is InChI=1S/C26H29F2N3O5S2/c1-16-13-20(16)24-8-5-18(36-24)15-30-23-7-6-19(14-25(23)37(29,32)33)38(34,35)31-11-9-17(10-12-31)26-21(27)3-2-4-22(26)28/h2-8,14,16-17,20,30H,9-13,15H2,1H3,(H2,29,32,33). The molecule has 3 N–H and O–H groups in total. The van der Waals surface area contributed by atoms with Crippen molar-refractivity contribution in [3.63, 3.8) is 0 Å². The van der Waals surface area contributed by atoms with Crippen molar-refractivity contribution in [2.45, 2.75) is 54.4 Å². The molecule has 5 rings (SSSR count). The van der Waals surface area contributed by atoms with Gasteiger partial charge in [0.05, 0.1) is 17.1 Å². The van der Waals surface area contributed by atoms with Gasteiger partial charge in [0, 0.05) is 24.6 Å². The second-order valence-electron chi connectivity index (χ2n) is 9.99. The highest BCUT2D eigenvalue weighted by Crippen LogP contribution is 2.47. The van der Waals surface area contributed by atoms with Gasteiger partial charge in [-0.3, -0.25) is 0 Å². The smallest absolute Gasteiger partial charge is 0.243 e. The van der Waals surface area contributed by atoms with Gasteiger partial charge in [0.1, 0.15) is 28.1 Å². The number of nitrogens with zero attached hydrogens (tertiary/aromatic N) is 1. The van der Waals surface area contributed by atoms with E-state index in [9.17, 15) is 25.6 Å². The number of nitrogens with one attached hydrogen (secondary N) is 1. The zero-order chi connectivity index (χ0) is 27.2. The maximum absolute atomic E-state index is 14.2. The number of sulfonamides is 2. The number of piperidine rings is 1. The first-order valence-corrected chi connectivity index (χ1v) is 15.4. The first-order chi connectivity index (χ1) is 17.9. The van der Waals surface area contributed by atoms with E-state index in [0.717, 1.165) is 18.2 Å². The Morgan fingerprint density at radius 3 is 2.29 bits per heavy atom. The van der Waals surface area contributed by atoms with Gasteiger partial charge in [0.25, 0.3) is 0 Å². The Morgan fingerprint density at radius 2 is 1.68 bits per heavy atom. The van der Waals surface area contributed by atoms with E-state index in [1.807, 2.05) is 12.1 Å². The minimum atomic E-state index is -4.27. The van der Waals surface area contributed by atoms with E-state index in [4.69, 9.17) is 9.56 Å². The van der Waals surface area contributed by atoms with Crippen molar-refractivity contribution in [1.29, 1.82) is 0 Å². The van der Waals surface area contributed by atoms with Gasteiger partial charge in [-0.25, -0.2) is 30.8 Å². The average Bonchev–Trinajstić information content (AvgIpc) is 3.41. The lowest BCUT2D eigenvalue weighted by molar-refractivity contribution is 0.311. The molecule has 2 aliphatic rings. The molecule has 1 aromatic heterocycles. The molecule has 3 aromatic rings. The molecule has 1 saturated heterocycles. The number of anilines is 1. The van der Waals surface area contributed by atoms with Crippen molar-refractivity contribution >= 4 is 25.7 Å². The third-order valence-corrected chi connectivity index (χ3v) is 10.2. The summed E-state index contributed by atoms with van der Waals surface area (Å²) in [4.78, 5) is -0.588. The van der Waals surface area contributed by atoms with Crippen LogP contribution in [0.25, 0.3) is 0 Å². The van der Waals surface area contributed by atoms with E-state index < -0.39 is 37.6 Å². The molecule has 2 heterocycles. The van der Waals surface area contributed by atoms with Gasteiger partial charge < -0.3 is 9.73 Å². The maximum Gasteiger partial charge on any atom is 0.243 e. The topological polar surface area (TPSA) is 123 Å². The van der Waals surface area contributed by atoms with Gasteiger partial charge >= 0.3 is 0 Å². The molecule has 2 aromatic carbocycles. The second-order valence-corrected chi connectivity index (χ2v) is 13.5. The van der Waals surface area contributed by atoms with Gasteiger partial charge in [0.2, 0.25) is 20.0 Å². The molecule has 1 saturated carbocycles. The van der Waals surface area contributed by atoms with Gasteiger partial charge in [-0.05, 0) is 73.6 Å². The number of furan rings is 1. The molecule has 2 fully saturated rings. The Balaban J connectivity index is 1.32. The van der Waals surface area contributed by atoms with Gasteiger partial charge in [-0.2, -0.15) is 4.31 Å². The Kier molecular flexibility index (Phi) is 7.10. The largest absolute Gasteiger partial charge is 0.464 e. The van der Waals surface area contributed by atoms with E-state index in [1.165, 1.54) is 34.6 Å². The molecule has 0 bridgehead atoms. The van der Waals surface area contributed by atoms with Crippen LogP contribution < -0.4 is 10.5 Å². The van der Waals surface area contributed by atoms with Crippen molar-refractivity contribution in [3.05, 3.63) is 77.2 Å². The molecule has 1 aliphatic heterocycles. The van der Waals surface area contributed by atoms with Gasteiger partial charge in [-0.1, -0.05) is 13.0 Å². The van der Waals surface area contributed by atoms with E-state index in [-0.39, 0.29) is 53.5 Å². The number of nitrogens with two attached hydrogens (primary N) is 1. The molecule has 1 aliphatic carbocycles. The number of hydrogen-bond acceptors (Lipinski definition) is 6. The highest BCUT2D eigenvalue weighted by atomic mass is 32.2. The molecule has 38 heavy (non-hydrogen) atoms. The first kappa shape index (κ1) is 26.8. The Labute approximate surface area is 220 Å². The van der Waals surface area contributed by atoms with Crippen molar-refractivity contribution < 1.29 is 30.0 Å². The summed E-state index contributed by atoms with van der Waals surface area (Å²) in [7, 11) is -8.35. The number of rotatable bonds is 8. The predicted molar refractivity (Wildman–Crippen MR) is 137 cm³/mol. The molecule has 204 valence electrons. The van der Waals surface area contributed by atoms with Gasteiger partial charge in [-0.15, -0.1) is 0 Å². The highest BCUT2D eigenvalue weighted by Gasteiger charge is 2.36. The fraction of sp³-hybridized carbons (Fsp3) is 0.385. The average molecular weight is 566 g/mol. The molecule has 12 heteroatoms. The number of primary sulfonamides is 1. The van der Waals surface area contributed by atoms with Crippen LogP contribution in [-0.2, 0) is 26.6 Å². The summed E-state index contributed by atoms with van der Waals surface area (Å²) in [5, 5.41) is 8.41. The lowest BCUT2D eigenvalue weighted by Crippen LogP contribution is -2.38. The van der Waals surface area contributed by atoms with Crippen molar-refractivity contribution in [2.75, 3.05) is 18.4 Å². The highest BCUT2D eigenvalue weighted by molar-refractivity contribution is 7.90. The van der Waals surface area contributed by atoms with Crippen LogP contribution in [-0.4, -0.2) is 34.2 Å². The summed E-state index contributed by atoms with van der Waals surface area (Å²) < 4.78 is 86.8. The summed E-state index contributed by atoms with van der Waals surface area (Å²) in [6.45, 7) is 2.40. The van der Waals surface area contributed by atoms with E-state index in [2.05, 4.69) is 12.2 Å². The van der Waals surface area contributed by atoms with Crippen LogP contribution in [0.1, 0.15) is 55.1 Å². The fourth-order valence-corrected chi connectivity index (χ4v) is 7.38.